The molecule has 0 aliphatic heterocycles. The Kier molecular flexibility index (Phi) is 7.25. The van der Waals surface area contributed by atoms with E-state index in [1.807, 2.05) is 91.0 Å². The fraction of sp³-hybridized carbons (Fsp3) is 0.100. The zero-order valence-electron chi connectivity index (χ0n) is 20.5. The lowest BCUT2D eigenvalue weighted by atomic mass is 10.00. The lowest BCUT2D eigenvalue weighted by molar-refractivity contribution is 0.0959. The smallest absolute Gasteiger partial charge is 0.258 e. The predicted octanol–water partition coefficient (Wildman–Crippen LogP) is 5.52. The topological polar surface area (TPSA) is 60.9 Å². The molecule has 180 valence electrons. The number of hydrogen-bond acceptors (Lipinski definition) is 3. The van der Waals surface area contributed by atoms with E-state index in [0.29, 0.717) is 16.9 Å². The van der Waals surface area contributed by atoms with Gasteiger partial charge in [-0.15, -0.1) is 0 Å². The highest BCUT2D eigenvalue weighted by molar-refractivity contribution is 6.18. The molecule has 6 nitrogen and oxygen atoms in total. The number of hydrogen-bond donors (Lipinski definition) is 0. The van der Waals surface area contributed by atoms with Crippen molar-refractivity contribution < 1.29 is 14.4 Å². The average molecular weight is 478 g/mol. The van der Waals surface area contributed by atoms with Crippen LogP contribution < -0.4 is 14.7 Å². The van der Waals surface area contributed by atoms with Crippen molar-refractivity contribution in [1.82, 2.24) is 0 Å². The number of amides is 3. The molecule has 0 radical (unpaired) electrons. The van der Waals surface area contributed by atoms with Gasteiger partial charge >= 0.3 is 0 Å². The van der Waals surface area contributed by atoms with Crippen molar-refractivity contribution in [3.63, 3.8) is 0 Å². The summed E-state index contributed by atoms with van der Waals surface area (Å²) in [6.07, 6.45) is 0. The van der Waals surface area contributed by atoms with Crippen LogP contribution in [0.15, 0.2) is 109 Å². The van der Waals surface area contributed by atoms with Crippen LogP contribution in [0.1, 0.15) is 31.1 Å². The maximum absolute atomic E-state index is 13.7. The SMILES string of the molecule is CN(C(=O)c1ccc(C(=O)N(C)c2ccccc2)c(C(=O)N(C)c2ccccc2)c1)c1ccccc1. The summed E-state index contributed by atoms with van der Waals surface area (Å²) in [7, 11) is 4.99. The first-order valence-corrected chi connectivity index (χ1v) is 11.5. The molecule has 3 amide bonds. The van der Waals surface area contributed by atoms with Gasteiger partial charge in [-0.05, 0) is 54.6 Å². The summed E-state index contributed by atoms with van der Waals surface area (Å²) < 4.78 is 0. The van der Waals surface area contributed by atoms with Crippen LogP contribution in [0.5, 0.6) is 0 Å². The van der Waals surface area contributed by atoms with Crippen LogP contribution in [-0.4, -0.2) is 38.9 Å². The molecule has 0 saturated carbocycles. The van der Waals surface area contributed by atoms with Crippen LogP contribution >= 0.6 is 0 Å². The first-order valence-electron chi connectivity index (χ1n) is 11.5. The number of anilines is 3. The first kappa shape index (κ1) is 24.4. The van der Waals surface area contributed by atoms with Crippen molar-refractivity contribution in [2.75, 3.05) is 35.8 Å². The third-order valence-corrected chi connectivity index (χ3v) is 6.07. The molecular weight excluding hydrogens is 450 g/mol. The molecule has 4 aromatic carbocycles. The van der Waals surface area contributed by atoms with E-state index in [1.54, 1.807) is 33.3 Å². The highest BCUT2D eigenvalue weighted by Crippen LogP contribution is 2.24. The van der Waals surface area contributed by atoms with E-state index in [-0.39, 0.29) is 28.8 Å². The van der Waals surface area contributed by atoms with Crippen LogP contribution in [0.4, 0.5) is 17.1 Å². The fourth-order valence-electron chi connectivity index (χ4n) is 3.90. The molecule has 0 fully saturated rings. The standard InChI is InChI=1S/C30H27N3O3/c1-31(23-13-7-4-8-14-23)28(34)22-19-20-26(29(35)32(2)24-15-9-5-10-16-24)27(21-22)30(36)33(3)25-17-11-6-12-18-25/h4-21H,1-3H3. The van der Waals surface area contributed by atoms with Gasteiger partial charge in [0.25, 0.3) is 17.7 Å². The molecule has 4 rings (SSSR count). The summed E-state index contributed by atoms with van der Waals surface area (Å²) in [5.74, 6) is -1.02. The summed E-state index contributed by atoms with van der Waals surface area (Å²) in [5, 5.41) is 0. The molecule has 0 bridgehead atoms. The molecular formula is C30H27N3O3. The third-order valence-electron chi connectivity index (χ3n) is 6.07. The molecule has 0 atom stereocenters. The van der Waals surface area contributed by atoms with Gasteiger partial charge in [-0.2, -0.15) is 0 Å². The van der Waals surface area contributed by atoms with Crippen molar-refractivity contribution in [3.8, 4) is 0 Å². The van der Waals surface area contributed by atoms with E-state index in [2.05, 4.69) is 0 Å². The molecule has 36 heavy (non-hydrogen) atoms. The van der Waals surface area contributed by atoms with Crippen LogP contribution in [-0.2, 0) is 0 Å². The molecule has 6 heteroatoms. The summed E-state index contributed by atoms with van der Waals surface area (Å²) in [5.41, 5.74) is 2.78. The number of nitrogens with zero attached hydrogens (tertiary/aromatic N) is 3. The van der Waals surface area contributed by atoms with E-state index in [0.717, 1.165) is 5.69 Å². The Labute approximate surface area is 211 Å². The minimum Gasteiger partial charge on any atom is -0.311 e. The molecule has 0 unspecified atom stereocenters. The van der Waals surface area contributed by atoms with Crippen molar-refractivity contribution in [2.45, 2.75) is 0 Å². The average Bonchev–Trinajstić information content (AvgIpc) is 2.95. The lowest BCUT2D eigenvalue weighted by Crippen LogP contribution is -2.33. The monoisotopic (exact) mass is 477 g/mol. The highest BCUT2D eigenvalue weighted by Gasteiger charge is 2.26. The minimum absolute atomic E-state index is 0.154. The Bertz CT molecular complexity index is 1370. The second kappa shape index (κ2) is 10.7. The van der Waals surface area contributed by atoms with Crippen LogP contribution in [0.3, 0.4) is 0 Å². The van der Waals surface area contributed by atoms with Crippen molar-refractivity contribution >= 4 is 34.8 Å². The van der Waals surface area contributed by atoms with Gasteiger partial charge in [0.2, 0.25) is 0 Å². The predicted molar refractivity (Wildman–Crippen MR) is 144 cm³/mol. The van der Waals surface area contributed by atoms with Crippen LogP contribution in [0.25, 0.3) is 0 Å². The van der Waals surface area contributed by atoms with Gasteiger partial charge in [0, 0.05) is 43.8 Å². The van der Waals surface area contributed by atoms with E-state index < -0.39 is 0 Å². The summed E-state index contributed by atoms with van der Waals surface area (Å²) in [4.78, 5) is 45.0. The minimum atomic E-state index is -0.386. The molecule has 0 aliphatic carbocycles. The molecule has 0 spiro atoms. The number of carbonyl (C=O) groups is 3. The normalized spacial score (nSPS) is 10.4. The lowest BCUT2D eigenvalue weighted by Gasteiger charge is -2.23. The number of rotatable bonds is 6. The maximum atomic E-state index is 13.7. The Morgan fingerprint density at radius 2 is 0.806 bits per heavy atom. The van der Waals surface area contributed by atoms with Gasteiger partial charge in [0.05, 0.1) is 11.1 Å². The molecule has 0 aliphatic rings. The maximum Gasteiger partial charge on any atom is 0.258 e. The zero-order valence-corrected chi connectivity index (χ0v) is 20.5. The molecule has 0 N–H and O–H groups in total. The first-order chi connectivity index (χ1) is 17.4. The molecule has 0 saturated heterocycles. The quantitative estimate of drug-likeness (QED) is 0.368. The number of para-hydroxylation sites is 3. The molecule has 0 aromatic heterocycles. The summed E-state index contributed by atoms with van der Waals surface area (Å²) in [6.45, 7) is 0. The Hall–Kier alpha value is -4.71. The van der Waals surface area contributed by atoms with Crippen molar-refractivity contribution in [2.24, 2.45) is 0 Å². The van der Waals surface area contributed by atoms with E-state index in [9.17, 15) is 14.4 Å². The van der Waals surface area contributed by atoms with Crippen molar-refractivity contribution in [1.29, 1.82) is 0 Å². The second-order valence-electron chi connectivity index (χ2n) is 8.36. The fourth-order valence-corrected chi connectivity index (χ4v) is 3.90. The molecule has 0 heterocycles. The van der Waals surface area contributed by atoms with Gasteiger partial charge in [-0.25, -0.2) is 0 Å². The zero-order chi connectivity index (χ0) is 25.7. The van der Waals surface area contributed by atoms with Gasteiger partial charge < -0.3 is 14.7 Å². The van der Waals surface area contributed by atoms with Gasteiger partial charge in [0.15, 0.2) is 0 Å². The summed E-state index contributed by atoms with van der Waals surface area (Å²) >= 11 is 0. The third kappa shape index (κ3) is 5.03. The van der Waals surface area contributed by atoms with Crippen LogP contribution in [0.2, 0.25) is 0 Å². The Morgan fingerprint density at radius 1 is 0.444 bits per heavy atom. The number of carbonyl (C=O) groups excluding carboxylic acids is 3. The van der Waals surface area contributed by atoms with Gasteiger partial charge in [0.1, 0.15) is 0 Å². The van der Waals surface area contributed by atoms with Gasteiger partial charge in [-0.1, -0.05) is 54.6 Å². The van der Waals surface area contributed by atoms with Crippen LogP contribution in [0, 0.1) is 0 Å². The number of benzene rings is 4. The van der Waals surface area contributed by atoms with E-state index in [1.165, 1.54) is 20.8 Å². The highest BCUT2D eigenvalue weighted by atomic mass is 16.2. The van der Waals surface area contributed by atoms with E-state index in [4.69, 9.17) is 0 Å². The molecule has 4 aromatic rings. The Balaban J connectivity index is 1.76. The summed E-state index contributed by atoms with van der Waals surface area (Å²) in [6, 6.07) is 32.3. The van der Waals surface area contributed by atoms with Crippen molar-refractivity contribution in [3.05, 3.63) is 126 Å². The Morgan fingerprint density at radius 3 is 1.22 bits per heavy atom. The largest absolute Gasteiger partial charge is 0.311 e. The second-order valence-corrected chi connectivity index (χ2v) is 8.36. The van der Waals surface area contributed by atoms with Gasteiger partial charge in [-0.3, -0.25) is 14.4 Å². The van der Waals surface area contributed by atoms with E-state index >= 15 is 0 Å².